The Kier molecular flexibility index (Phi) is 6.82. The molecule has 0 radical (unpaired) electrons. The van der Waals surface area contributed by atoms with E-state index < -0.39 is 5.97 Å². The number of hydrogen-bond acceptors (Lipinski definition) is 1. The van der Waals surface area contributed by atoms with Gasteiger partial charge in [-0.1, -0.05) is 33.6 Å². The molecule has 4 fully saturated rings. The van der Waals surface area contributed by atoms with Crippen LogP contribution in [-0.4, -0.2) is 11.1 Å². The van der Waals surface area contributed by atoms with E-state index >= 15 is 0 Å². The van der Waals surface area contributed by atoms with Crippen LogP contribution in [0, 0.1) is 46.3 Å². The summed E-state index contributed by atoms with van der Waals surface area (Å²) in [6.07, 6.45) is 15.7. The quantitative estimate of drug-likeness (QED) is 0.751. The molecule has 3 heteroatoms. The minimum Gasteiger partial charge on any atom is -1.00 e. The van der Waals surface area contributed by atoms with Gasteiger partial charge in [-0.05, 0) is 104 Å². The second-order valence-electron chi connectivity index (χ2n) is 11.0. The molecule has 0 aromatic heterocycles. The van der Waals surface area contributed by atoms with Crippen LogP contribution in [0.5, 0.6) is 0 Å². The molecule has 2 nitrogen and oxygen atoms in total. The standard InChI is InChI=1S/C24H40O2.Na.H/c1-16(7-12-22(25)26)19-10-11-20-18-9-8-17-6-4-5-14-23(17,2)21(18)13-15-24(19,20)3;;/h16-21H,4-15H2,1-3H3,(H,25,26);;/q;+1;-1/t16?,17?,18-,19+,20-,21-,23-,24+;;/m0../s1. The van der Waals surface area contributed by atoms with E-state index in [2.05, 4.69) is 20.8 Å². The summed E-state index contributed by atoms with van der Waals surface area (Å²) in [7, 11) is 0. The van der Waals surface area contributed by atoms with Gasteiger partial charge in [0, 0.05) is 6.42 Å². The summed E-state index contributed by atoms with van der Waals surface area (Å²) >= 11 is 0. The Bertz CT molecular complexity index is 555. The van der Waals surface area contributed by atoms with Gasteiger partial charge in [0.05, 0.1) is 0 Å². The van der Waals surface area contributed by atoms with Crippen LogP contribution in [0.4, 0.5) is 0 Å². The zero-order chi connectivity index (χ0) is 18.5. The van der Waals surface area contributed by atoms with Crippen LogP contribution >= 0.6 is 0 Å². The molecule has 0 aromatic carbocycles. The van der Waals surface area contributed by atoms with Crippen LogP contribution in [0.2, 0.25) is 0 Å². The Balaban J connectivity index is 0.00000140. The van der Waals surface area contributed by atoms with Crippen molar-refractivity contribution in [2.45, 2.75) is 97.8 Å². The maximum Gasteiger partial charge on any atom is 1.00 e. The Morgan fingerprint density at radius 2 is 1.74 bits per heavy atom. The Morgan fingerprint density at radius 1 is 1.00 bits per heavy atom. The van der Waals surface area contributed by atoms with Gasteiger partial charge in [0.2, 0.25) is 0 Å². The van der Waals surface area contributed by atoms with Gasteiger partial charge in [-0.2, -0.15) is 0 Å². The third-order valence-electron chi connectivity index (χ3n) is 10.2. The first-order chi connectivity index (χ1) is 12.4. The van der Waals surface area contributed by atoms with Crippen LogP contribution in [0.15, 0.2) is 0 Å². The molecule has 4 aliphatic rings. The topological polar surface area (TPSA) is 37.3 Å². The Labute approximate surface area is 190 Å². The molecule has 0 heterocycles. The fourth-order valence-electron chi connectivity index (χ4n) is 8.82. The van der Waals surface area contributed by atoms with Gasteiger partial charge >= 0.3 is 35.5 Å². The largest absolute Gasteiger partial charge is 1.00 e. The number of carboxylic acid groups (broad SMARTS) is 1. The number of aliphatic carboxylic acids is 1. The van der Waals surface area contributed by atoms with Crippen molar-refractivity contribution in [1.82, 2.24) is 0 Å². The number of carboxylic acids is 1. The summed E-state index contributed by atoms with van der Waals surface area (Å²) in [5.41, 5.74) is 1.12. The molecule has 4 rings (SSSR count). The molecule has 0 bridgehead atoms. The summed E-state index contributed by atoms with van der Waals surface area (Å²) < 4.78 is 0. The van der Waals surface area contributed by atoms with Gasteiger partial charge in [0.1, 0.15) is 0 Å². The molecule has 0 amide bonds. The van der Waals surface area contributed by atoms with Crippen molar-refractivity contribution < 1.29 is 40.9 Å². The fourth-order valence-corrected chi connectivity index (χ4v) is 8.82. The predicted molar refractivity (Wildman–Crippen MR) is 107 cm³/mol. The molecule has 150 valence electrons. The zero-order valence-corrected chi connectivity index (χ0v) is 20.3. The molecule has 2 unspecified atom stereocenters. The van der Waals surface area contributed by atoms with Crippen molar-refractivity contribution >= 4 is 5.97 Å². The number of rotatable bonds is 4. The molecule has 4 aliphatic carbocycles. The smallest absolute Gasteiger partial charge is 1.00 e. The molecule has 0 spiro atoms. The molecule has 0 saturated heterocycles. The summed E-state index contributed by atoms with van der Waals surface area (Å²) in [6.45, 7) is 7.60. The van der Waals surface area contributed by atoms with Crippen molar-refractivity contribution in [3.63, 3.8) is 0 Å². The van der Waals surface area contributed by atoms with E-state index in [1.54, 1.807) is 0 Å². The van der Waals surface area contributed by atoms with Crippen LogP contribution in [0.25, 0.3) is 0 Å². The van der Waals surface area contributed by atoms with Gasteiger partial charge in [-0.3, -0.25) is 4.79 Å². The maximum absolute atomic E-state index is 11.0. The minimum absolute atomic E-state index is 0. The SMILES string of the molecule is CC(CCC(=O)O)[C@H]1CC[C@H]2[C@@H]3CCC4CCCC[C@]4(C)[C@H]3CC[C@]12C.[H-].[Na+]. The van der Waals surface area contributed by atoms with E-state index in [4.69, 9.17) is 5.11 Å². The number of carbonyl (C=O) groups is 1. The molecule has 4 saturated carbocycles. The van der Waals surface area contributed by atoms with E-state index in [0.29, 0.717) is 23.2 Å². The van der Waals surface area contributed by atoms with Gasteiger partial charge in [0.25, 0.3) is 0 Å². The van der Waals surface area contributed by atoms with Gasteiger partial charge in [-0.25, -0.2) is 0 Å². The van der Waals surface area contributed by atoms with Crippen molar-refractivity contribution in [2.24, 2.45) is 46.3 Å². The second kappa shape index (κ2) is 8.31. The molecule has 27 heavy (non-hydrogen) atoms. The van der Waals surface area contributed by atoms with Gasteiger partial charge in [-0.15, -0.1) is 0 Å². The first-order valence-electron chi connectivity index (χ1n) is 11.6. The zero-order valence-electron chi connectivity index (χ0n) is 19.3. The van der Waals surface area contributed by atoms with Crippen molar-refractivity contribution in [2.75, 3.05) is 0 Å². The first kappa shape index (κ1) is 22.2. The molecule has 0 aromatic rings. The predicted octanol–water partition coefficient (Wildman–Crippen LogP) is 3.65. The van der Waals surface area contributed by atoms with Crippen LogP contribution in [0.3, 0.4) is 0 Å². The second-order valence-corrected chi connectivity index (χ2v) is 11.0. The summed E-state index contributed by atoms with van der Waals surface area (Å²) in [5.74, 6) is 4.57. The maximum atomic E-state index is 11.0. The summed E-state index contributed by atoms with van der Waals surface area (Å²) in [4.78, 5) is 11.0. The van der Waals surface area contributed by atoms with Crippen LogP contribution in [-0.2, 0) is 4.79 Å². The third kappa shape index (κ3) is 3.70. The number of hydrogen-bond donors (Lipinski definition) is 1. The monoisotopic (exact) mass is 384 g/mol. The summed E-state index contributed by atoms with van der Waals surface area (Å²) in [5, 5.41) is 9.09. The van der Waals surface area contributed by atoms with E-state index in [-0.39, 0.29) is 31.0 Å². The fraction of sp³-hybridized carbons (Fsp3) is 0.958. The third-order valence-corrected chi connectivity index (χ3v) is 10.2. The Morgan fingerprint density at radius 3 is 2.48 bits per heavy atom. The minimum atomic E-state index is -0.621. The first-order valence-corrected chi connectivity index (χ1v) is 11.6. The van der Waals surface area contributed by atoms with Crippen molar-refractivity contribution in [3.05, 3.63) is 0 Å². The number of fused-ring (bicyclic) bond motifs is 5. The van der Waals surface area contributed by atoms with E-state index in [1.165, 1.54) is 64.2 Å². The van der Waals surface area contributed by atoms with Crippen LogP contribution < -0.4 is 29.6 Å². The molecule has 1 N–H and O–H groups in total. The van der Waals surface area contributed by atoms with Crippen LogP contribution in [0.1, 0.15) is 99.2 Å². The molecule has 8 atom stereocenters. The molecular formula is C24H41NaO2. The van der Waals surface area contributed by atoms with Crippen molar-refractivity contribution in [1.29, 1.82) is 0 Å². The van der Waals surface area contributed by atoms with E-state index in [0.717, 1.165) is 36.0 Å². The van der Waals surface area contributed by atoms with Crippen molar-refractivity contribution in [3.8, 4) is 0 Å². The van der Waals surface area contributed by atoms with Gasteiger partial charge < -0.3 is 6.53 Å². The average molecular weight is 385 g/mol. The van der Waals surface area contributed by atoms with E-state index in [9.17, 15) is 4.79 Å². The van der Waals surface area contributed by atoms with Gasteiger partial charge in [0.15, 0.2) is 0 Å². The normalized spacial score (nSPS) is 47.1. The van der Waals surface area contributed by atoms with E-state index in [1.807, 2.05) is 0 Å². The summed E-state index contributed by atoms with van der Waals surface area (Å²) in [6, 6.07) is 0. The average Bonchev–Trinajstić information content (AvgIpc) is 2.96. The molecular weight excluding hydrogens is 343 g/mol. The molecule has 0 aliphatic heterocycles. The Hall–Kier alpha value is 0.470.